The van der Waals surface area contributed by atoms with Crippen molar-refractivity contribution >= 4 is 23.2 Å². The van der Waals surface area contributed by atoms with Crippen molar-refractivity contribution in [3.63, 3.8) is 0 Å². The Kier molecular flexibility index (Phi) is 5.44. The molecule has 0 aliphatic carbocycles. The van der Waals surface area contributed by atoms with E-state index in [1.54, 1.807) is 0 Å². The SMILES string of the molecule is Cc1ccc(Cl)cc1N1CCN(C(=O)CCC2CCNC2)CC1. The van der Waals surface area contributed by atoms with E-state index in [2.05, 4.69) is 23.2 Å². The van der Waals surface area contributed by atoms with Crippen LogP contribution in [0, 0.1) is 12.8 Å². The van der Waals surface area contributed by atoms with Crippen LogP contribution in [-0.2, 0) is 4.79 Å². The molecule has 1 atom stereocenters. The smallest absolute Gasteiger partial charge is 0.222 e. The maximum atomic E-state index is 12.4. The average Bonchev–Trinajstić information content (AvgIpc) is 3.08. The molecule has 5 heteroatoms. The largest absolute Gasteiger partial charge is 0.368 e. The van der Waals surface area contributed by atoms with E-state index in [0.29, 0.717) is 18.2 Å². The summed E-state index contributed by atoms with van der Waals surface area (Å²) in [5.74, 6) is 1.01. The van der Waals surface area contributed by atoms with Crippen LogP contribution in [0.3, 0.4) is 0 Å². The summed E-state index contributed by atoms with van der Waals surface area (Å²) in [6.45, 7) is 7.70. The van der Waals surface area contributed by atoms with Crippen LogP contribution in [0.4, 0.5) is 5.69 Å². The molecule has 2 saturated heterocycles. The Morgan fingerprint density at radius 3 is 2.78 bits per heavy atom. The summed E-state index contributed by atoms with van der Waals surface area (Å²) in [6, 6.07) is 6.02. The molecule has 23 heavy (non-hydrogen) atoms. The minimum Gasteiger partial charge on any atom is -0.368 e. The summed E-state index contributed by atoms with van der Waals surface area (Å²) in [4.78, 5) is 16.8. The third-order valence-corrected chi connectivity index (χ3v) is 5.31. The first kappa shape index (κ1) is 16.6. The second-order valence-corrected chi connectivity index (χ2v) is 7.13. The van der Waals surface area contributed by atoms with E-state index in [0.717, 1.165) is 50.7 Å². The molecule has 2 heterocycles. The molecule has 4 nitrogen and oxygen atoms in total. The third-order valence-electron chi connectivity index (χ3n) is 5.07. The lowest BCUT2D eigenvalue weighted by Gasteiger charge is -2.37. The van der Waals surface area contributed by atoms with Gasteiger partial charge in [-0.25, -0.2) is 0 Å². The number of piperazine rings is 1. The predicted molar refractivity (Wildman–Crippen MR) is 95.2 cm³/mol. The minimum atomic E-state index is 0.319. The molecule has 0 aromatic heterocycles. The highest BCUT2D eigenvalue weighted by Crippen LogP contribution is 2.25. The summed E-state index contributed by atoms with van der Waals surface area (Å²) in [7, 11) is 0. The number of anilines is 1. The van der Waals surface area contributed by atoms with Crippen molar-refractivity contribution in [3.05, 3.63) is 28.8 Å². The van der Waals surface area contributed by atoms with Gasteiger partial charge in [-0.15, -0.1) is 0 Å². The maximum Gasteiger partial charge on any atom is 0.222 e. The second-order valence-electron chi connectivity index (χ2n) is 6.70. The number of benzene rings is 1. The summed E-state index contributed by atoms with van der Waals surface area (Å²) in [5, 5.41) is 4.14. The number of carbonyl (C=O) groups excluding carboxylic acids is 1. The van der Waals surface area contributed by atoms with E-state index in [9.17, 15) is 4.79 Å². The number of aryl methyl sites for hydroxylation is 1. The molecule has 0 spiro atoms. The fourth-order valence-electron chi connectivity index (χ4n) is 3.57. The van der Waals surface area contributed by atoms with Crippen molar-refractivity contribution in [2.24, 2.45) is 5.92 Å². The number of rotatable bonds is 4. The van der Waals surface area contributed by atoms with Crippen LogP contribution in [0.15, 0.2) is 18.2 Å². The zero-order chi connectivity index (χ0) is 16.2. The van der Waals surface area contributed by atoms with Crippen molar-refractivity contribution in [1.29, 1.82) is 0 Å². The van der Waals surface area contributed by atoms with Crippen LogP contribution in [0.2, 0.25) is 5.02 Å². The van der Waals surface area contributed by atoms with Gasteiger partial charge in [0.15, 0.2) is 0 Å². The van der Waals surface area contributed by atoms with E-state index < -0.39 is 0 Å². The van der Waals surface area contributed by atoms with Gasteiger partial charge >= 0.3 is 0 Å². The number of hydrogen-bond donors (Lipinski definition) is 1. The van der Waals surface area contributed by atoms with E-state index in [-0.39, 0.29) is 0 Å². The Balaban J connectivity index is 1.49. The number of carbonyl (C=O) groups is 1. The molecule has 126 valence electrons. The molecule has 2 aliphatic heterocycles. The van der Waals surface area contributed by atoms with E-state index in [4.69, 9.17) is 11.6 Å². The molecule has 1 unspecified atom stereocenters. The van der Waals surface area contributed by atoms with Gasteiger partial charge in [-0.05, 0) is 56.5 Å². The highest BCUT2D eigenvalue weighted by molar-refractivity contribution is 6.30. The Labute approximate surface area is 143 Å². The molecule has 2 fully saturated rings. The number of hydrogen-bond acceptors (Lipinski definition) is 3. The van der Waals surface area contributed by atoms with Crippen molar-refractivity contribution in [2.75, 3.05) is 44.2 Å². The summed E-state index contributed by atoms with van der Waals surface area (Å²) >= 11 is 6.12. The van der Waals surface area contributed by atoms with Crippen molar-refractivity contribution < 1.29 is 4.79 Å². The first-order valence-corrected chi connectivity index (χ1v) is 9.01. The van der Waals surface area contributed by atoms with Crippen molar-refractivity contribution in [3.8, 4) is 0 Å². The van der Waals surface area contributed by atoms with Gasteiger partial charge in [0, 0.05) is 43.3 Å². The highest BCUT2D eigenvalue weighted by atomic mass is 35.5. The van der Waals surface area contributed by atoms with Gasteiger partial charge in [0.1, 0.15) is 0 Å². The zero-order valence-electron chi connectivity index (χ0n) is 13.9. The first-order chi connectivity index (χ1) is 11.1. The van der Waals surface area contributed by atoms with E-state index in [1.165, 1.54) is 17.7 Å². The van der Waals surface area contributed by atoms with Gasteiger partial charge in [-0.3, -0.25) is 4.79 Å². The molecule has 0 saturated carbocycles. The fourth-order valence-corrected chi connectivity index (χ4v) is 3.73. The average molecular weight is 336 g/mol. The molecule has 3 rings (SSSR count). The summed E-state index contributed by atoms with van der Waals surface area (Å²) in [5.41, 5.74) is 2.43. The Morgan fingerprint density at radius 2 is 2.09 bits per heavy atom. The highest BCUT2D eigenvalue weighted by Gasteiger charge is 2.23. The molecule has 0 radical (unpaired) electrons. The second kappa shape index (κ2) is 7.54. The predicted octanol–water partition coefficient (Wildman–Crippen LogP) is 2.69. The van der Waals surface area contributed by atoms with Crippen LogP contribution in [0.5, 0.6) is 0 Å². The van der Waals surface area contributed by atoms with Gasteiger partial charge < -0.3 is 15.1 Å². The molecule has 0 bridgehead atoms. The zero-order valence-corrected chi connectivity index (χ0v) is 14.6. The number of amides is 1. The standard InChI is InChI=1S/C18H26ClN3O/c1-14-2-4-16(19)12-17(14)21-8-10-22(11-9-21)18(23)5-3-15-6-7-20-13-15/h2,4,12,15,20H,3,5-11,13H2,1H3. The molecule has 2 aliphatic rings. The molecule has 1 N–H and O–H groups in total. The quantitative estimate of drug-likeness (QED) is 0.919. The van der Waals surface area contributed by atoms with Gasteiger partial charge in [-0.1, -0.05) is 17.7 Å². The van der Waals surface area contributed by atoms with Gasteiger partial charge in [0.2, 0.25) is 5.91 Å². The maximum absolute atomic E-state index is 12.4. The van der Waals surface area contributed by atoms with Crippen molar-refractivity contribution in [2.45, 2.75) is 26.2 Å². The van der Waals surface area contributed by atoms with Crippen LogP contribution < -0.4 is 10.2 Å². The molecule has 1 aromatic rings. The number of halogens is 1. The lowest BCUT2D eigenvalue weighted by molar-refractivity contribution is -0.131. The minimum absolute atomic E-state index is 0.319. The number of nitrogens with one attached hydrogen (secondary N) is 1. The fraction of sp³-hybridized carbons (Fsp3) is 0.611. The van der Waals surface area contributed by atoms with Crippen LogP contribution in [0.1, 0.15) is 24.8 Å². The Bertz CT molecular complexity index is 549. The van der Waals surface area contributed by atoms with E-state index >= 15 is 0 Å². The normalized spacial score (nSPS) is 21.7. The lowest BCUT2D eigenvalue weighted by Crippen LogP contribution is -2.49. The van der Waals surface area contributed by atoms with Crippen LogP contribution in [0.25, 0.3) is 0 Å². The van der Waals surface area contributed by atoms with Gasteiger partial charge in [0.25, 0.3) is 0 Å². The monoisotopic (exact) mass is 335 g/mol. The molecular weight excluding hydrogens is 310 g/mol. The summed E-state index contributed by atoms with van der Waals surface area (Å²) < 4.78 is 0. The Hall–Kier alpha value is -1.26. The third kappa shape index (κ3) is 4.18. The van der Waals surface area contributed by atoms with Gasteiger partial charge in [0.05, 0.1) is 0 Å². The van der Waals surface area contributed by atoms with Crippen LogP contribution >= 0.6 is 11.6 Å². The topological polar surface area (TPSA) is 35.6 Å². The van der Waals surface area contributed by atoms with Crippen molar-refractivity contribution in [1.82, 2.24) is 10.2 Å². The number of nitrogens with zero attached hydrogens (tertiary/aromatic N) is 2. The Morgan fingerprint density at radius 1 is 1.30 bits per heavy atom. The molecule has 1 amide bonds. The molecular formula is C18H26ClN3O. The van der Waals surface area contributed by atoms with E-state index in [1.807, 2.05) is 17.0 Å². The van der Waals surface area contributed by atoms with Gasteiger partial charge in [-0.2, -0.15) is 0 Å². The lowest BCUT2D eigenvalue weighted by atomic mass is 10.0. The first-order valence-electron chi connectivity index (χ1n) is 8.63. The molecule has 1 aromatic carbocycles. The summed E-state index contributed by atoms with van der Waals surface area (Å²) in [6.07, 6.45) is 2.94. The van der Waals surface area contributed by atoms with Crippen LogP contribution in [-0.4, -0.2) is 50.1 Å².